The molecule has 0 radical (unpaired) electrons. The molecule has 0 fully saturated rings. The van der Waals surface area contributed by atoms with Gasteiger partial charge in [0.05, 0.1) is 16.3 Å². The average Bonchev–Trinajstić information content (AvgIpc) is 3.07. The number of aryl methyl sites for hydroxylation is 1. The summed E-state index contributed by atoms with van der Waals surface area (Å²) in [5.41, 5.74) is 2.08. The molecule has 9 heteroatoms. The number of carbonyl (C=O) groups is 2. The molecule has 2 heterocycles. The lowest BCUT2D eigenvalue weighted by molar-refractivity contribution is -0.114. The Morgan fingerprint density at radius 2 is 1.88 bits per heavy atom. The highest BCUT2D eigenvalue weighted by atomic mass is 32.2. The van der Waals surface area contributed by atoms with Gasteiger partial charge in [-0.1, -0.05) is 11.8 Å². The van der Waals surface area contributed by atoms with Crippen LogP contribution in [-0.2, 0) is 23.1 Å². The van der Waals surface area contributed by atoms with E-state index in [-0.39, 0.29) is 23.1 Å². The monoisotopic (exact) mass is 390 g/mol. The molecule has 1 aromatic heterocycles. The van der Waals surface area contributed by atoms with Gasteiger partial charge in [0.25, 0.3) is 5.56 Å². The molecule has 1 aliphatic heterocycles. The Bertz CT molecular complexity index is 909. The van der Waals surface area contributed by atoms with Crippen molar-refractivity contribution in [3.8, 4) is 0 Å². The van der Waals surface area contributed by atoms with Crippen molar-refractivity contribution in [3.63, 3.8) is 0 Å². The fourth-order valence-electron chi connectivity index (χ4n) is 2.46. The molecule has 1 aliphatic rings. The summed E-state index contributed by atoms with van der Waals surface area (Å²) in [6, 6.07) is 6.87. The number of hydrogen-bond donors (Lipinski definition) is 2. The lowest BCUT2D eigenvalue weighted by Crippen LogP contribution is -2.23. The van der Waals surface area contributed by atoms with Crippen LogP contribution in [0.5, 0.6) is 0 Å². The SMILES string of the molecule is CC(=O)Nc1ccc(NC(=O)CSc2nc3c(c(=O)n2C)SCC3)cc1. The van der Waals surface area contributed by atoms with Crippen molar-refractivity contribution in [3.05, 3.63) is 40.3 Å². The number of fused-ring (bicyclic) bond motifs is 1. The maximum Gasteiger partial charge on any atom is 0.267 e. The summed E-state index contributed by atoms with van der Waals surface area (Å²) in [5.74, 6) is 0.691. The number of aromatic nitrogens is 2. The van der Waals surface area contributed by atoms with Gasteiger partial charge in [-0.3, -0.25) is 19.0 Å². The van der Waals surface area contributed by atoms with Crippen molar-refractivity contribution in [2.45, 2.75) is 23.4 Å². The molecule has 0 bridgehead atoms. The van der Waals surface area contributed by atoms with Gasteiger partial charge in [-0.25, -0.2) is 4.98 Å². The van der Waals surface area contributed by atoms with Crippen LogP contribution in [0.15, 0.2) is 39.1 Å². The van der Waals surface area contributed by atoms with Crippen molar-refractivity contribution in [1.82, 2.24) is 9.55 Å². The molecule has 1 aromatic carbocycles. The van der Waals surface area contributed by atoms with E-state index in [4.69, 9.17) is 0 Å². The lowest BCUT2D eigenvalue weighted by Gasteiger charge is -2.10. The number of amides is 2. The van der Waals surface area contributed by atoms with E-state index in [1.807, 2.05) is 0 Å². The molecule has 136 valence electrons. The number of rotatable bonds is 5. The highest BCUT2D eigenvalue weighted by Crippen LogP contribution is 2.28. The van der Waals surface area contributed by atoms with E-state index in [0.29, 0.717) is 16.5 Å². The first-order chi connectivity index (χ1) is 12.4. The molecule has 0 atom stereocenters. The van der Waals surface area contributed by atoms with E-state index in [2.05, 4.69) is 15.6 Å². The smallest absolute Gasteiger partial charge is 0.267 e. The van der Waals surface area contributed by atoms with E-state index >= 15 is 0 Å². The van der Waals surface area contributed by atoms with Gasteiger partial charge in [-0.15, -0.1) is 11.8 Å². The molecule has 26 heavy (non-hydrogen) atoms. The Labute approximate surface area is 159 Å². The molecule has 0 spiro atoms. The summed E-state index contributed by atoms with van der Waals surface area (Å²) < 4.78 is 1.50. The minimum atomic E-state index is -0.189. The van der Waals surface area contributed by atoms with Gasteiger partial charge in [0.2, 0.25) is 11.8 Å². The van der Waals surface area contributed by atoms with Gasteiger partial charge in [0, 0.05) is 37.5 Å². The summed E-state index contributed by atoms with van der Waals surface area (Å²) in [4.78, 5) is 40.7. The minimum absolute atomic E-state index is 0.0473. The summed E-state index contributed by atoms with van der Waals surface area (Å²) in [6.07, 6.45) is 0.788. The maximum atomic E-state index is 12.3. The summed E-state index contributed by atoms with van der Waals surface area (Å²) in [6.45, 7) is 1.44. The van der Waals surface area contributed by atoms with Gasteiger partial charge in [0.1, 0.15) is 0 Å². The Hall–Kier alpha value is -2.26. The van der Waals surface area contributed by atoms with Crippen LogP contribution in [-0.4, -0.2) is 32.9 Å². The number of hydrogen-bond acceptors (Lipinski definition) is 6. The summed E-state index contributed by atoms with van der Waals surface area (Å²) in [5, 5.41) is 6.00. The van der Waals surface area contributed by atoms with Gasteiger partial charge >= 0.3 is 0 Å². The topological polar surface area (TPSA) is 93.1 Å². The van der Waals surface area contributed by atoms with Crippen molar-refractivity contribution in [2.75, 3.05) is 22.1 Å². The van der Waals surface area contributed by atoms with Crippen LogP contribution in [0.25, 0.3) is 0 Å². The standard InChI is InChI=1S/C17H18N4O3S2/c1-10(22)18-11-3-5-12(6-4-11)19-14(23)9-26-17-20-13-7-8-25-15(13)16(24)21(17)2/h3-6H,7-9H2,1-2H3,(H,18,22)(H,19,23). The predicted molar refractivity (Wildman–Crippen MR) is 104 cm³/mol. The third-order valence-corrected chi connectivity index (χ3v) is 5.82. The van der Waals surface area contributed by atoms with E-state index in [1.54, 1.807) is 31.3 Å². The van der Waals surface area contributed by atoms with Crippen LogP contribution < -0.4 is 16.2 Å². The fraction of sp³-hybridized carbons (Fsp3) is 0.294. The highest BCUT2D eigenvalue weighted by Gasteiger charge is 2.20. The first-order valence-corrected chi connectivity index (χ1v) is 9.94. The fourth-order valence-corrected chi connectivity index (χ4v) is 4.32. The third kappa shape index (κ3) is 4.28. The van der Waals surface area contributed by atoms with Crippen LogP contribution in [0, 0.1) is 0 Å². The molecule has 2 aromatic rings. The van der Waals surface area contributed by atoms with Crippen LogP contribution >= 0.6 is 23.5 Å². The molecular formula is C17H18N4O3S2. The maximum absolute atomic E-state index is 12.3. The Balaban J connectivity index is 1.60. The molecule has 2 amide bonds. The van der Waals surface area contributed by atoms with Crippen LogP contribution in [0.3, 0.4) is 0 Å². The molecule has 0 aliphatic carbocycles. The third-order valence-electron chi connectivity index (χ3n) is 3.69. The molecule has 7 nitrogen and oxygen atoms in total. The summed E-state index contributed by atoms with van der Waals surface area (Å²) >= 11 is 2.78. The van der Waals surface area contributed by atoms with Crippen molar-refractivity contribution >= 4 is 46.7 Å². The van der Waals surface area contributed by atoms with E-state index in [0.717, 1.165) is 22.8 Å². The zero-order chi connectivity index (χ0) is 18.7. The van der Waals surface area contributed by atoms with Crippen molar-refractivity contribution in [1.29, 1.82) is 0 Å². The van der Waals surface area contributed by atoms with E-state index in [9.17, 15) is 14.4 Å². The Morgan fingerprint density at radius 3 is 2.54 bits per heavy atom. The molecule has 0 saturated heterocycles. The number of nitrogens with zero attached hydrogens (tertiary/aromatic N) is 2. The number of anilines is 2. The number of benzene rings is 1. The van der Waals surface area contributed by atoms with E-state index in [1.165, 1.54) is 35.0 Å². The quantitative estimate of drug-likeness (QED) is 0.600. The van der Waals surface area contributed by atoms with Crippen molar-refractivity contribution in [2.24, 2.45) is 7.05 Å². The van der Waals surface area contributed by atoms with Crippen LogP contribution in [0.2, 0.25) is 0 Å². The molecule has 3 rings (SSSR count). The zero-order valence-electron chi connectivity index (χ0n) is 14.4. The zero-order valence-corrected chi connectivity index (χ0v) is 16.0. The number of carbonyl (C=O) groups excluding carboxylic acids is 2. The normalized spacial score (nSPS) is 12.5. The van der Waals surface area contributed by atoms with Gasteiger partial charge in [-0.05, 0) is 24.3 Å². The van der Waals surface area contributed by atoms with Gasteiger partial charge < -0.3 is 10.6 Å². The second-order valence-corrected chi connectivity index (χ2v) is 7.78. The van der Waals surface area contributed by atoms with Crippen LogP contribution in [0.1, 0.15) is 12.6 Å². The number of thioether (sulfide) groups is 2. The minimum Gasteiger partial charge on any atom is -0.326 e. The number of nitrogens with one attached hydrogen (secondary N) is 2. The molecule has 0 saturated carbocycles. The second-order valence-electron chi connectivity index (χ2n) is 5.73. The predicted octanol–water partition coefficient (Wildman–Crippen LogP) is 2.12. The average molecular weight is 390 g/mol. The molecule has 0 unspecified atom stereocenters. The van der Waals surface area contributed by atoms with Crippen LogP contribution in [0.4, 0.5) is 11.4 Å². The lowest BCUT2D eigenvalue weighted by atomic mass is 10.3. The highest BCUT2D eigenvalue weighted by molar-refractivity contribution is 8.00. The Morgan fingerprint density at radius 1 is 1.23 bits per heavy atom. The Kier molecular flexibility index (Phi) is 5.67. The molecule has 2 N–H and O–H groups in total. The van der Waals surface area contributed by atoms with E-state index < -0.39 is 0 Å². The first kappa shape index (κ1) is 18.5. The van der Waals surface area contributed by atoms with Gasteiger partial charge in [-0.2, -0.15) is 0 Å². The largest absolute Gasteiger partial charge is 0.326 e. The first-order valence-electron chi connectivity index (χ1n) is 7.97. The summed E-state index contributed by atoms with van der Waals surface area (Å²) in [7, 11) is 1.68. The second kappa shape index (κ2) is 7.96. The molecular weight excluding hydrogens is 372 g/mol. The van der Waals surface area contributed by atoms with Crippen molar-refractivity contribution < 1.29 is 9.59 Å². The van der Waals surface area contributed by atoms with Gasteiger partial charge in [0.15, 0.2) is 5.16 Å².